The lowest BCUT2D eigenvalue weighted by molar-refractivity contribution is -0.130. The maximum Gasteiger partial charge on any atom is 0.227 e. The molecule has 1 aliphatic rings. The third kappa shape index (κ3) is 5.42. The van der Waals surface area contributed by atoms with Gasteiger partial charge in [-0.2, -0.15) is 5.26 Å². The summed E-state index contributed by atoms with van der Waals surface area (Å²) in [7, 11) is 0. The molecule has 2 heterocycles. The van der Waals surface area contributed by atoms with Crippen molar-refractivity contribution in [3.05, 3.63) is 102 Å². The van der Waals surface area contributed by atoms with E-state index in [1.165, 1.54) is 5.39 Å². The summed E-state index contributed by atoms with van der Waals surface area (Å²) in [5.74, 6) is 0.203. The van der Waals surface area contributed by atoms with Gasteiger partial charge in [-0.1, -0.05) is 54.6 Å². The monoisotopic (exact) mass is 463 g/mol. The van der Waals surface area contributed by atoms with E-state index in [1.54, 1.807) is 0 Å². The van der Waals surface area contributed by atoms with Gasteiger partial charge < -0.3 is 9.47 Å². The average Bonchev–Trinajstić information content (AvgIpc) is 3.18. The van der Waals surface area contributed by atoms with Crippen molar-refractivity contribution in [3.8, 4) is 6.07 Å². The Hall–Kier alpha value is -3.95. The first-order valence-electron chi connectivity index (χ1n) is 12.1. The molecule has 6 heteroatoms. The smallest absolute Gasteiger partial charge is 0.227 e. The molecule has 3 aromatic carbocycles. The number of nitriles is 1. The van der Waals surface area contributed by atoms with Crippen LogP contribution in [0.5, 0.6) is 0 Å². The second-order valence-corrected chi connectivity index (χ2v) is 9.15. The number of aromatic nitrogens is 2. The zero-order valence-electron chi connectivity index (χ0n) is 19.8. The molecule has 6 nitrogen and oxygen atoms in total. The lowest BCUT2D eigenvalue weighted by Gasteiger charge is -2.22. The van der Waals surface area contributed by atoms with Crippen molar-refractivity contribution >= 4 is 16.7 Å². The highest BCUT2D eigenvalue weighted by Gasteiger charge is 2.20. The van der Waals surface area contributed by atoms with Crippen molar-refractivity contribution in [2.24, 2.45) is 0 Å². The third-order valence-electron chi connectivity index (χ3n) is 6.78. The Morgan fingerprint density at radius 2 is 1.74 bits per heavy atom. The molecule has 0 atom stereocenters. The van der Waals surface area contributed by atoms with Crippen LogP contribution in [0.15, 0.2) is 79.3 Å². The van der Waals surface area contributed by atoms with Crippen molar-refractivity contribution in [2.45, 2.75) is 25.9 Å². The zero-order chi connectivity index (χ0) is 24.0. The minimum atomic E-state index is 0.203. The van der Waals surface area contributed by atoms with E-state index in [1.807, 2.05) is 59.9 Å². The van der Waals surface area contributed by atoms with Gasteiger partial charge in [-0.3, -0.25) is 9.69 Å². The Bertz CT molecular complexity index is 1350. The maximum absolute atomic E-state index is 13.2. The molecule has 1 fully saturated rings. The topological polar surface area (TPSA) is 65.2 Å². The molecule has 1 amide bonds. The molecular formula is C29H29N5O. The molecule has 0 N–H and O–H groups in total. The SMILES string of the molecule is N#Cc1ccc(Cn2cncc2CN2CCCN(C(=O)Cc3cccc4ccccc34)CC2)cc1. The van der Waals surface area contributed by atoms with Crippen LogP contribution in [0.3, 0.4) is 0 Å². The van der Waals surface area contributed by atoms with Crippen molar-refractivity contribution in [1.82, 2.24) is 19.4 Å². The van der Waals surface area contributed by atoms with E-state index >= 15 is 0 Å². The molecule has 5 rings (SSSR count). The Labute approximate surface area is 206 Å². The Morgan fingerprint density at radius 1 is 0.914 bits per heavy atom. The molecule has 0 bridgehead atoms. The van der Waals surface area contributed by atoms with Gasteiger partial charge in [0.15, 0.2) is 0 Å². The molecular weight excluding hydrogens is 434 g/mol. The van der Waals surface area contributed by atoms with E-state index in [4.69, 9.17) is 5.26 Å². The van der Waals surface area contributed by atoms with Crippen LogP contribution in [-0.2, 0) is 24.3 Å². The van der Waals surface area contributed by atoms with Crippen molar-refractivity contribution in [3.63, 3.8) is 0 Å². The fourth-order valence-corrected chi connectivity index (χ4v) is 4.83. The summed E-state index contributed by atoms with van der Waals surface area (Å²) >= 11 is 0. The second kappa shape index (κ2) is 10.5. The standard InChI is InChI=1S/C29H29N5O/c30-18-23-9-11-24(12-10-23)20-34-22-31-19-27(34)21-32-13-4-14-33(16-15-32)29(35)17-26-7-3-6-25-5-1-2-8-28(25)26/h1-3,5-12,19,22H,4,13-17,20-21H2. The summed E-state index contributed by atoms with van der Waals surface area (Å²) in [6.45, 7) is 4.88. The molecule has 1 saturated heterocycles. The molecule has 0 radical (unpaired) electrons. The Balaban J connectivity index is 1.19. The molecule has 0 saturated carbocycles. The number of fused-ring (bicyclic) bond motifs is 1. The first kappa shape index (κ1) is 22.8. The van der Waals surface area contributed by atoms with Gasteiger partial charge in [0, 0.05) is 45.5 Å². The van der Waals surface area contributed by atoms with Crippen molar-refractivity contribution < 1.29 is 4.79 Å². The zero-order valence-corrected chi connectivity index (χ0v) is 19.8. The summed E-state index contributed by atoms with van der Waals surface area (Å²) in [6.07, 6.45) is 5.20. The van der Waals surface area contributed by atoms with Gasteiger partial charge in [0.1, 0.15) is 0 Å². The van der Waals surface area contributed by atoms with E-state index in [9.17, 15) is 4.79 Å². The van der Waals surface area contributed by atoms with Crippen LogP contribution in [0.25, 0.3) is 10.8 Å². The molecule has 0 aliphatic carbocycles. The third-order valence-corrected chi connectivity index (χ3v) is 6.78. The number of carbonyl (C=O) groups excluding carboxylic acids is 1. The molecule has 1 aliphatic heterocycles. The first-order valence-corrected chi connectivity index (χ1v) is 12.1. The van der Waals surface area contributed by atoms with E-state index in [2.05, 4.69) is 44.8 Å². The lowest BCUT2D eigenvalue weighted by atomic mass is 10.0. The number of imidazole rings is 1. The normalized spacial score (nSPS) is 14.5. The number of hydrogen-bond acceptors (Lipinski definition) is 4. The van der Waals surface area contributed by atoms with Crippen LogP contribution in [0, 0.1) is 11.3 Å². The summed E-state index contributed by atoms with van der Waals surface area (Å²) < 4.78 is 2.16. The summed E-state index contributed by atoms with van der Waals surface area (Å²) in [6, 6.07) is 24.3. The Morgan fingerprint density at radius 3 is 2.60 bits per heavy atom. The van der Waals surface area contributed by atoms with Gasteiger partial charge in [0.2, 0.25) is 5.91 Å². The average molecular weight is 464 g/mol. The van der Waals surface area contributed by atoms with Crippen LogP contribution in [-0.4, -0.2) is 51.4 Å². The first-order chi connectivity index (χ1) is 17.2. The van der Waals surface area contributed by atoms with Crippen LogP contribution in [0.4, 0.5) is 0 Å². The lowest BCUT2D eigenvalue weighted by Crippen LogP contribution is -2.36. The van der Waals surface area contributed by atoms with Crippen LogP contribution >= 0.6 is 0 Å². The van der Waals surface area contributed by atoms with Crippen LogP contribution < -0.4 is 0 Å². The molecule has 1 aromatic heterocycles. The number of carbonyl (C=O) groups is 1. The van der Waals surface area contributed by atoms with E-state index in [-0.39, 0.29) is 5.91 Å². The minimum absolute atomic E-state index is 0.203. The highest BCUT2D eigenvalue weighted by atomic mass is 16.2. The van der Waals surface area contributed by atoms with Crippen LogP contribution in [0.1, 0.15) is 28.8 Å². The van der Waals surface area contributed by atoms with Crippen LogP contribution in [0.2, 0.25) is 0 Å². The largest absolute Gasteiger partial charge is 0.341 e. The molecule has 35 heavy (non-hydrogen) atoms. The predicted molar refractivity (Wildman–Crippen MR) is 137 cm³/mol. The van der Waals surface area contributed by atoms with E-state index in [0.717, 1.165) is 67.9 Å². The number of rotatable bonds is 6. The van der Waals surface area contributed by atoms with Gasteiger partial charge in [-0.05, 0) is 40.5 Å². The molecule has 0 spiro atoms. The number of benzene rings is 3. The van der Waals surface area contributed by atoms with Gasteiger partial charge in [0.25, 0.3) is 0 Å². The fraction of sp³-hybridized carbons (Fsp3) is 0.276. The quantitative estimate of drug-likeness (QED) is 0.429. The number of amides is 1. The predicted octanol–water partition coefficient (Wildman–Crippen LogP) is 4.23. The van der Waals surface area contributed by atoms with Crippen molar-refractivity contribution in [2.75, 3.05) is 26.2 Å². The number of nitrogens with zero attached hydrogens (tertiary/aromatic N) is 5. The molecule has 4 aromatic rings. The fourth-order valence-electron chi connectivity index (χ4n) is 4.83. The van der Waals surface area contributed by atoms with Gasteiger partial charge >= 0.3 is 0 Å². The summed E-state index contributed by atoms with van der Waals surface area (Å²) in [5, 5.41) is 11.3. The number of hydrogen-bond donors (Lipinski definition) is 0. The minimum Gasteiger partial charge on any atom is -0.341 e. The molecule has 0 unspecified atom stereocenters. The maximum atomic E-state index is 13.2. The highest BCUT2D eigenvalue weighted by molar-refractivity contribution is 5.90. The Kier molecular flexibility index (Phi) is 6.87. The van der Waals surface area contributed by atoms with E-state index in [0.29, 0.717) is 12.0 Å². The van der Waals surface area contributed by atoms with Crippen molar-refractivity contribution in [1.29, 1.82) is 5.26 Å². The van der Waals surface area contributed by atoms with Gasteiger partial charge in [0.05, 0.1) is 30.1 Å². The van der Waals surface area contributed by atoms with Gasteiger partial charge in [-0.15, -0.1) is 0 Å². The van der Waals surface area contributed by atoms with Gasteiger partial charge in [-0.25, -0.2) is 4.98 Å². The second-order valence-electron chi connectivity index (χ2n) is 9.15. The summed E-state index contributed by atoms with van der Waals surface area (Å²) in [5.41, 5.74) is 4.07. The summed E-state index contributed by atoms with van der Waals surface area (Å²) in [4.78, 5) is 22.0. The highest BCUT2D eigenvalue weighted by Crippen LogP contribution is 2.20. The van der Waals surface area contributed by atoms with E-state index < -0.39 is 0 Å². The molecule has 176 valence electrons.